The van der Waals surface area contributed by atoms with Crippen molar-refractivity contribution in [3.8, 4) is 5.75 Å². The Balaban J connectivity index is 1.61. The van der Waals surface area contributed by atoms with Crippen LogP contribution in [-0.4, -0.2) is 42.2 Å². The van der Waals surface area contributed by atoms with Crippen LogP contribution in [0.4, 0.5) is 4.39 Å². The minimum atomic E-state index is -0.783. The third kappa shape index (κ3) is 5.52. The summed E-state index contributed by atoms with van der Waals surface area (Å²) in [6.07, 6.45) is 0.0586. The molecule has 2 aromatic rings. The lowest BCUT2D eigenvalue weighted by Crippen LogP contribution is -2.39. The third-order valence-corrected chi connectivity index (χ3v) is 4.68. The number of ether oxygens (including phenoxy) is 2. The summed E-state index contributed by atoms with van der Waals surface area (Å²) in [5, 5.41) is 8.86. The number of nitrogens with zero attached hydrogens (tertiary/aromatic N) is 1. The molecule has 144 valence electrons. The Bertz CT molecular complexity index is 796. The highest BCUT2D eigenvalue weighted by atomic mass is 19.1. The molecule has 0 aromatic heterocycles. The highest BCUT2D eigenvalue weighted by molar-refractivity contribution is 5.66. The first-order valence-electron chi connectivity index (χ1n) is 9.05. The Hall–Kier alpha value is -2.44. The van der Waals surface area contributed by atoms with Gasteiger partial charge in [0.05, 0.1) is 19.1 Å². The fourth-order valence-corrected chi connectivity index (χ4v) is 3.24. The van der Waals surface area contributed by atoms with E-state index in [1.807, 2.05) is 31.2 Å². The lowest BCUT2D eigenvalue weighted by atomic mass is 10.0. The standard InChI is InChI=1S/C21H24FNO4/c1-15-11-18(27-14-16-3-2-4-17(22)12-16)5-6-19(15)20-13-23(9-10-26-20)8-7-21(24)25/h2-6,11-12,20H,7-10,13-14H2,1H3,(H,24,25). The summed E-state index contributed by atoms with van der Waals surface area (Å²) < 4.78 is 24.9. The molecule has 0 amide bonds. The lowest BCUT2D eigenvalue weighted by molar-refractivity contribution is -0.137. The number of aryl methyl sites for hydroxylation is 1. The van der Waals surface area contributed by atoms with Gasteiger partial charge >= 0.3 is 5.97 Å². The summed E-state index contributed by atoms with van der Waals surface area (Å²) in [4.78, 5) is 12.9. The van der Waals surface area contributed by atoms with E-state index >= 15 is 0 Å². The number of hydrogen-bond donors (Lipinski definition) is 1. The maximum absolute atomic E-state index is 13.2. The van der Waals surface area contributed by atoms with Gasteiger partial charge in [0, 0.05) is 19.6 Å². The second kappa shape index (κ2) is 8.97. The molecule has 0 aliphatic carbocycles. The molecule has 2 aromatic carbocycles. The summed E-state index contributed by atoms with van der Waals surface area (Å²) in [6, 6.07) is 12.2. The Morgan fingerprint density at radius 3 is 2.93 bits per heavy atom. The van der Waals surface area contributed by atoms with E-state index in [-0.39, 0.29) is 18.3 Å². The summed E-state index contributed by atoms with van der Waals surface area (Å²) in [6.45, 7) is 4.85. The van der Waals surface area contributed by atoms with Gasteiger partial charge in [-0.2, -0.15) is 0 Å². The molecule has 5 nitrogen and oxygen atoms in total. The molecule has 3 rings (SSSR count). The Morgan fingerprint density at radius 1 is 1.33 bits per heavy atom. The van der Waals surface area contributed by atoms with Gasteiger partial charge in [-0.15, -0.1) is 0 Å². The fraction of sp³-hybridized carbons (Fsp3) is 0.381. The first kappa shape index (κ1) is 19.3. The number of carbonyl (C=O) groups is 1. The Kier molecular flexibility index (Phi) is 6.42. The maximum atomic E-state index is 13.2. The van der Waals surface area contributed by atoms with E-state index < -0.39 is 5.97 Å². The van der Waals surface area contributed by atoms with E-state index in [0.29, 0.717) is 26.3 Å². The number of halogens is 1. The SMILES string of the molecule is Cc1cc(OCc2cccc(F)c2)ccc1C1CN(CCC(=O)O)CCO1. The molecule has 1 atom stereocenters. The number of aliphatic carboxylic acids is 1. The van der Waals surface area contributed by atoms with Gasteiger partial charge in [-0.05, 0) is 47.9 Å². The van der Waals surface area contributed by atoms with Crippen LogP contribution in [0.5, 0.6) is 5.75 Å². The summed E-state index contributed by atoms with van der Waals surface area (Å²) in [5.74, 6) is -0.336. The zero-order valence-corrected chi connectivity index (χ0v) is 15.4. The Morgan fingerprint density at radius 2 is 2.19 bits per heavy atom. The third-order valence-electron chi connectivity index (χ3n) is 4.68. The number of carboxylic acid groups (broad SMARTS) is 1. The fourth-order valence-electron chi connectivity index (χ4n) is 3.24. The second-order valence-electron chi connectivity index (χ2n) is 6.74. The van der Waals surface area contributed by atoms with Crippen molar-refractivity contribution in [3.05, 3.63) is 65.0 Å². The van der Waals surface area contributed by atoms with Crippen molar-refractivity contribution in [2.24, 2.45) is 0 Å². The number of carboxylic acids is 1. The van der Waals surface area contributed by atoms with Gasteiger partial charge in [0.1, 0.15) is 18.2 Å². The quantitative estimate of drug-likeness (QED) is 0.804. The Labute approximate surface area is 158 Å². The molecular weight excluding hydrogens is 349 g/mol. The summed E-state index contributed by atoms with van der Waals surface area (Å²) in [5.41, 5.74) is 2.91. The van der Waals surface area contributed by atoms with Gasteiger partial charge in [0.15, 0.2) is 0 Å². The molecule has 0 radical (unpaired) electrons. The molecule has 1 heterocycles. The minimum absolute atomic E-state index is 0.0789. The highest BCUT2D eigenvalue weighted by Crippen LogP contribution is 2.28. The maximum Gasteiger partial charge on any atom is 0.304 e. The van der Waals surface area contributed by atoms with Crippen LogP contribution in [0.1, 0.15) is 29.2 Å². The van der Waals surface area contributed by atoms with E-state index in [1.54, 1.807) is 6.07 Å². The van der Waals surface area contributed by atoms with Gasteiger partial charge in [-0.25, -0.2) is 4.39 Å². The molecule has 1 unspecified atom stereocenters. The van der Waals surface area contributed by atoms with Crippen molar-refractivity contribution < 1.29 is 23.8 Å². The topological polar surface area (TPSA) is 59.0 Å². The summed E-state index contributed by atoms with van der Waals surface area (Å²) in [7, 11) is 0. The molecule has 1 aliphatic rings. The highest BCUT2D eigenvalue weighted by Gasteiger charge is 2.23. The predicted molar refractivity (Wildman–Crippen MR) is 99.3 cm³/mol. The number of rotatable bonds is 7. The van der Waals surface area contributed by atoms with Gasteiger partial charge in [0.25, 0.3) is 0 Å². The number of morpholine rings is 1. The van der Waals surface area contributed by atoms with Gasteiger partial charge < -0.3 is 14.6 Å². The molecule has 0 bridgehead atoms. The normalized spacial score (nSPS) is 17.6. The first-order chi connectivity index (χ1) is 13.0. The molecule has 1 saturated heterocycles. The predicted octanol–water partition coefficient (Wildman–Crippen LogP) is 3.56. The van der Waals surface area contributed by atoms with Crippen LogP contribution in [0, 0.1) is 12.7 Å². The molecule has 1 fully saturated rings. The number of benzene rings is 2. The average molecular weight is 373 g/mol. The minimum Gasteiger partial charge on any atom is -0.489 e. The van der Waals surface area contributed by atoms with E-state index in [2.05, 4.69) is 4.90 Å². The van der Waals surface area contributed by atoms with E-state index in [4.69, 9.17) is 14.6 Å². The van der Waals surface area contributed by atoms with Crippen molar-refractivity contribution in [2.75, 3.05) is 26.2 Å². The van der Waals surface area contributed by atoms with Crippen LogP contribution in [0.15, 0.2) is 42.5 Å². The largest absolute Gasteiger partial charge is 0.489 e. The van der Waals surface area contributed by atoms with Crippen molar-refractivity contribution in [1.82, 2.24) is 4.90 Å². The zero-order chi connectivity index (χ0) is 19.2. The van der Waals surface area contributed by atoms with Crippen molar-refractivity contribution in [3.63, 3.8) is 0 Å². The zero-order valence-electron chi connectivity index (χ0n) is 15.4. The molecular formula is C21H24FNO4. The summed E-state index contributed by atoms with van der Waals surface area (Å²) >= 11 is 0. The van der Waals surface area contributed by atoms with Crippen LogP contribution in [-0.2, 0) is 16.1 Å². The first-order valence-corrected chi connectivity index (χ1v) is 9.05. The average Bonchev–Trinajstić information content (AvgIpc) is 2.65. The van der Waals surface area contributed by atoms with E-state index in [1.165, 1.54) is 12.1 Å². The van der Waals surface area contributed by atoms with Crippen LogP contribution < -0.4 is 4.74 Å². The van der Waals surface area contributed by atoms with E-state index in [0.717, 1.165) is 29.0 Å². The van der Waals surface area contributed by atoms with Crippen LogP contribution in [0.2, 0.25) is 0 Å². The molecule has 1 aliphatic heterocycles. The van der Waals surface area contributed by atoms with E-state index in [9.17, 15) is 9.18 Å². The molecule has 0 saturated carbocycles. The molecule has 1 N–H and O–H groups in total. The number of hydrogen-bond acceptors (Lipinski definition) is 4. The monoisotopic (exact) mass is 373 g/mol. The smallest absolute Gasteiger partial charge is 0.304 e. The van der Waals surface area contributed by atoms with Crippen molar-refractivity contribution in [1.29, 1.82) is 0 Å². The molecule has 6 heteroatoms. The van der Waals surface area contributed by atoms with Gasteiger partial charge in [0.2, 0.25) is 0 Å². The molecule has 27 heavy (non-hydrogen) atoms. The van der Waals surface area contributed by atoms with Crippen molar-refractivity contribution in [2.45, 2.75) is 26.1 Å². The van der Waals surface area contributed by atoms with Gasteiger partial charge in [-0.3, -0.25) is 9.69 Å². The van der Waals surface area contributed by atoms with Crippen LogP contribution >= 0.6 is 0 Å². The van der Waals surface area contributed by atoms with Gasteiger partial charge in [-0.1, -0.05) is 18.2 Å². The molecule has 0 spiro atoms. The van der Waals surface area contributed by atoms with Crippen LogP contribution in [0.25, 0.3) is 0 Å². The second-order valence-corrected chi connectivity index (χ2v) is 6.74. The van der Waals surface area contributed by atoms with Crippen molar-refractivity contribution >= 4 is 5.97 Å². The lowest BCUT2D eigenvalue weighted by Gasteiger charge is -2.33. The van der Waals surface area contributed by atoms with Crippen LogP contribution in [0.3, 0.4) is 0 Å².